The Labute approximate surface area is 130 Å². The van der Waals surface area contributed by atoms with Crippen molar-refractivity contribution < 1.29 is 9.47 Å². The molecule has 0 aliphatic rings. The van der Waals surface area contributed by atoms with Gasteiger partial charge in [-0.1, -0.05) is 18.2 Å². The number of ether oxygens (including phenoxy) is 2. The fourth-order valence-electron chi connectivity index (χ4n) is 2.02. The van der Waals surface area contributed by atoms with Gasteiger partial charge in [0.15, 0.2) is 11.5 Å². The van der Waals surface area contributed by atoms with E-state index < -0.39 is 0 Å². The van der Waals surface area contributed by atoms with Crippen LogP contribution >= 0.6 is 11.8 Å². The predicted molar refractivity (Wildman–Crippen MR) is 88.2 cm³/mol. The second-order valence-electron chi connectivity index (χ2n) is 4.84. The van der Waals surface area contributed by atoms with Crippen LogP contribution in [0.4, 0.5) is 0 Å². The van der Waals surface area contributed by atoms with E-state index in [0.717, 1.165) is 22.8 Å². The van der Waals surface area contributed by atoms with Gasteiger partial charge in [0, 0.05) is 16.7 Å². The fraction of sp³-hybridized carbons (Fsp3) is 0.294. The third-order valence-corrected chi connectivity index (χ3v) is 4.30. The van der Waals surface area contributed by atoms with E-state index in [1.165, 1.54) is 10.5 Å². The summed E-state index contributed by atoms with van der Waals surface area (Å²) in [5.41, 5.74) is 8.28. The molecule has 1 unspecified atom stereocenters. The van der Waals surface area contributed by atoms with Gasteiger partial charge in [0.25, 0.3) is 0 Å². The van der Waals surface area contributed by atoms with Gasteiger partial charge in [-0.25, -0.2) is 0 Å². The van der Waals surface area contributed by atoms with Crippen molar-refractivity contribution in [3.05, 3.63) is 53.6 Å². The van der Waals surface area contributed by atoms with E-state index >= 15 is 0 Å². The lowest BCUT2D eigenvalue weighted by atomic mass is 10.1. The molecule has 2 N–H and O–H groups in total. The van der Waals surface area contributed by atoms with E-state index in [9.17, 15) is 0 Å². The van der Waals surface area contributed by atoms with E-state index in [0.29, 0.717) is 0 Å². The van der Waals surface area contributed by atoms with Gasteiger partial charge < -0.3 is 15.2 Å². The molecule has 2 aromatic rings. The molecule has 0 aliphatic carbocycles. The average molecular weight is 303 g/mol. The minimum Gasteiger partial charge on any atom is -0.493 e. The van der Waals surface area contributed by atoms with Crippen molar-refractivity contribution in [3.8, 4) is 11.5 Å². The molecule has 112 valence electrons. The highest BCUT2D eigenvalue weighted by molar-refractivity contribution is 7.98. The first-order chi connectivity index (χ1) is 10.1. The van der Waals surface area contributed by atoms with Gasteiger partial charge in [0.1, 0.15) is 0 Å². The van der Waals surface area contributed by atoms with Gasteiger partial charge in [-0.3, -0.25) is 0 Å². The molecule has 0 spiro atoms. The van der Waals surface area contributed by atoms with Crippen molar-refractivity contribution in [2.75, 3.05) is 14.2 Å². The van der Waals surface area contributed by atoms with Crippen LogP contribution in [0.3, 0.4) is 0 Å². The summed E-state index contributed by atoms with van der Waals surface area (Å²) in [6.07, 6.45) is 0. The van der Waals surface area contributed by atoms with Crippen molar-refractivity contribution in [1.82, 2.24) is 0 Å². The minimum absolute atomic E-state index is 0.0617. The molecule has 0 aromatic heterocycles. The van der Waals surface area contributed by atoms with Crippen molar-refractivity contribution in [2.45, 2.75) is 23.6 Å². The zero-order valence-corrected chi connectivity index (χ0v) is 13.4. The van der Waals surface area contributed by atoms with E-state index in [-0.39, 0.29) is 6.04 Å². The Hall–Kier alpha value is -1.65. The first-order valence-corrected chi connectivity index (χ1v) is 7.82. The maximum atomic E-state index is 5.92. The van der Waals surface area contributed by atoms with Gasteiger partial charge in [-0.15, -0.1) is 11.8 Å². The lowest BCUT2D eigenvalue weighted by Gasteiger charge is -2.10. The number of benzene rings is 2. The van der Waals surface area contributed by atoms with Gasteiger partial charge in [0.05, 0.1) is 14.2 Å². The summed E-state index contributed by atoms with van der Waals surface area (Å²) in [4.78, 5) is 1.22. The summed E-state index contributed by atoms with van der Waals surface area (Å²) in [7, 11) is 3.30. The highest BCUT2D eigenvalue weighted by atomic mass is 32.2. The molecule has 0 heterocycles. The van der Waals surface area contributed by atoms with Crippen molar-refractivity contribution in [3.63, 3.8) is 0 Å². The van der Waals surface area contributed by atoms with Crippen LogP contribution in [0.1, 0.15) is 24.1 Å². The van der Waals surface area contributed by atoms with Crippen LogP contribution in [0, 0.1) is 0 Å². The number of hydrogen-bond acceptors (Lipinski definition) is 4. The molecule has 0 amide bonds. The fourth-order valence-corrected chi connectivity index (χ4v) is 2.93. The largest absolute Gasteiger partial charge is 0.493 e. The quantitative estimate of drug-likeness (QED) is 0.819. The summed E-state index contributed by atoms with van der Waals surface area (Å²) in [6, 6.07) is 14.4. The molecular weight excluding hydrogens is 282 g/mol. The second kappa shape index (κ2) is 7.38. The van der Waals surface area contributed by atoms with E-state index in [4.69, 9.17) is 15.2 Å². The van der Waals surface area contributed by atoms with Gasteiger partial charge >= 0.3 is 0 Å². The third-order valence-electron chi connectivity index (χ3n) is 3.24. The second-order valence-corrected chi connectivity index (χ2v) is 5.89. The topological polar surface area (TPSA) is 44.5 Å². The Bertz CT molecular complexity index is 599. The molecule has 0 fully saturated rings. The third kappa shape index (κ3) is 4.16. The Kier molecular flexibility index (Phi) is 5.53. The Morgan fingerprint density at radius 2 is 1.81 bits per heavy atom. The van der Waals surface area contributed by atoms with Crippen LogP contribution in [0.15, 0.2) is 47.4 Å². The van der Waals surface area contributed by atoms with Crippen LogP contribution in [0.5, 0.6) is 11.5 Å². The number of thioether (sulfide) groups is 1. The molecule has 3 nitrogen and oxygen atoms in total. The van der Waals surface area contributed by atoms with Crippen molar-refractivity contribution in [2.24, 2.45) is 5.73 Å². The summed E-state index contributed by atoms with van der Waals surface area (Å²) in [5.74, 6) is 2.40. The van der Waals surface area contributed by atoms with E-state index in [1.54, 1.807) is 26.0 Å². The summed E-state index contributed by atoms with van der Waals surface area (Å²) in [6.45, 7) is 2.00. The number of nitrogens with two attached hydrogens (primary N) is 1. The van der Waals surface area contributed by atoms with Gasteiger partial charge in [-0.05, 0) is 42.3 Å². The Balaban J connectivity index is 2.07. The molecular formula is C17H21NO2S. The normalized spacial score (nSPS) is 12.0. The zero-order valence-electron chi connectivity index (χ0n) is 12.6. The average Bonchev–Trinajstić information content (AvgIpc) is 2.52. The van der Waals surface area contributed by atoms with Crippen LogP contribution < -0.4 is 15.2 Å². The van der Waals surface area contributed by atoms with Crippen molar-refractivity contribution in [1.29, 1.82) is 0 Å². The summed E-state index contributed by atoms with van der Waals surface area (Å²) in [5, 5.41) is 0. The molecule has 0 saturated heterocycles. The SMILES string of the molecule is COc1ccc(CSc2cccc(C(C)N)c2)cc1OC. The highest BCUT2D eigenvalue weighted by Crippen LogP contribution is 2.31. The molecule has 2 rings (SSSR count). The summed E-state index contributed by atoms with van der Waals surface area (Å²) >= 11 is 1.79. The maximum Gasteiger partial charge on any atom is 0.161 e. The molecule has 0 bridgehead atoms. The predicted octanol–water partition coefficient (Wildman–Crippen LogP) is 4.02. The van der Waals surface area contributed by atoms with E-state index in [1.807, 2.05) is 19.1 Å². The Morgan fingerprint density at radius 1 is 1.05 bits per heavy atom. The maximum absolute atomic E-state index is 5.92. The van der Waals surface area contributed by atoms with Gasteiger partial charge in [-0.2, -0.15) is 0 Å². The van der Waals surface area contributed by atoms with Crippen LogP contribution in [0.25, 0.3) is 0 Å². The van der Waals surface area contributed by atoms with Crippen molar-refractivity contribution >= 4 is 11.8 Å². The standard InChI is InChI=1S/C17H21NO2S/c1-12(18)14-5-4-6-15(10-14)21-11-13-7-8-16(19-2)17(9-13)20-3/h4-10,12H,11,18H2,1-3H3. The molecule has 2 aromatic carbocycles. The Morgan fingerprint density at radius 3 is 2.48 bits per heavy atom. The zero-order chi connectivity index (χ0) is 15.2. The highest BCUT2D eigenvalue weighted by Gasteiger charge is 2.06. The summed E-state index contributed by atoms with van der Waals surface area (Å²) < 4.78 is 10.6. The number of rotatable bonds is 6. The van der Waals surface area contributed by atoms with Gasteiger partial charge in [0.2, 0.25) is 0 Å². The minimum atomic E-state index is 0.0617. The molecule has 0 radical (unpaired) electrons. The first kappa shape index (κ1) is 15.7. The lowest BCUT2D eigenvalue weighted by Crippen LogP contribution is -2.04. The number of hydrogen-bond donors (Lipinski definition) is 1. The van der Waals surface area contributed by atoms with Crippen LogP contribution in [-0.4, -0.2) is 14.2 Å². The molecule has 0 saturated carbocycles. The molecule has 0 aliphatic heterocycles. The lowest BCUT2D eigenvalue weighted by molar-refractivity contribution is 0.354. The monoisotopic (exact) mass is 303 g/mol. The first-order valence-electron chi connectivity index (χ1n) is 6.83. The smallest absolute Gasteiger partial charge is 0.161 e. The molecule has 21 heavy (non-hydrogen) atoms. The van der Waals surface area contributed by atoms with E-state index in [2.05, 4.69) is 30.3 Å². The molecule has 1 atom stereocenters. The molecule has 4 heteroatoms. The number of methoxy groups -OCH3 is 2. The van der Waals surface area contributed by atoms with Crippen LogP contribution in [0.2, 0.25) is 0 Å². The van der Waals surface area contributed by atoms with Crippen LogP contribution in [-0.2, 0) is 5.75 Å².